The number of halogens is 1. The largest absolute Gasteiger partial charge is 0.326 e. The lowest BCUT2D eigenvalue weighted by Crippen LogP contribution is -2.40. The van der Waals surface area contributed by atoms with Crippen LogP contribution in [0.2, 0.25) is 5.02 Å². The molecule has 0 aliphatic rings. The third-order valence-corrected chi connectivity index (χ3v) is 3.18. The molecule has 0 saturated heterocycles. The van der Waals surface area contributed by atoms with Gasteiger partial charge in [0, 0.05) is 23.1 Å². The van der Waals surface area contributed by atoms with E-state index in [0.29, 0.717) is 6.04 Å². The van der Waals surface area contributed by atoms with E-state index in [9.17, 15) is 0 Å². The molecule has 0 amide bonds. The Labute approximate surface area is 103 Å². The molecule has 0 heterocycles. The van der Waals surface area contributed by atoms with E-state index in [4.69, 9.17) is 17.3 Å². The van der Waals surface area contributed by atoms with Gasteiger partial charge in [0.05, 0.1) is 0 Å². The van der Waals surface area contributed by atoms with E-state index in [1.807, 2.05) is 25.1 Å². The van der Waals surface area contributed by atoms with Gasteiger partial charge >= 0.3 is 0 Å². The van der Waals surface area contributed by atoms with Crippen LogP contribution in [0.4, 0.5) is 0 Å². The standard InChI is InChI=1S/C13H21ClN2/c1-9(2)16(4)13(10(3)15)11-6-5-7-12(14)8-11/h5-10,13H,15H2,1-4H3. The fraction of sp³-hybridized carbons (Fsp3) is 0.538. The van der Waals surface area contributed by atoms with E-state index < -0.39 is 0 Å². The van der Waals surface area contributed by atoms with Crippen LogP contribution >= 0.6 is 11.6 Å². The van der Waals surface area contributed by atoms with Crippen LogP contribution in [0.15, 0.2) is 24.3 Å². The molecule has 0 saturated carbocycles. The Morgan fingerprint density at radius 3 is 2.31 bits per heavy atom. The van der Waals surface area contributed by atoms with Crippen molar-refractivity contribution in [3.63, 3.8) is 0 Å². The number of benzene rings is 1. The van der Waals surface area contributed by atoms with Gasteiger partial charge in [-0.15, -0.1) is 0 Å². The Morgan fingerprint density at radius 2 is 1.88 bits per heavy atom. The minimum Gasteiger partial charge on any atom is -0.326 e. The van der Waals surface area contributed by atoms with Crippen molar-refractivity contribution in [2.45, 2.75) is 38.9 Å². The Bertz CT molecular complexity index is 336. The van der Waals surface area contributed by atoms with Crippen molar-refractivity contribution in [3.8, 4) is 0 Å². The molecule has 0 radical (unpaired) electrons. The van der Waals surface area contributed by atoms with Gasteiger partial charge in [0.2, 0.25) is 0 Å². The van der Waals surface area contributed by atoms with Crippen molar-refractivity contribution in [1.82, 2.24) is 4.90 Å². The van der Waals surface area contributed by atoms with E-state index >= 15 is 0 Å². The van der Waals surface area contributed by atoms with E-state index in [0.717, 1.165) is 5.02 Å². The molecule has 1 aromatic rings. The Balaban J connectivity index is 3.03. The maximum Gasteiger partial charge on any atom is 0.0496 e. The zero-order chi connectivity index (χ0) is 12.3. The average Bonchev–Trinajstić information content (AvgIpc) is 2.17. The zero-order valence-corrected chi connectivity index (χ0v) is 11.2. The van der Waals surface area contributed by atoms with Crippen molar-refractivity contribution >= 4 is 11.6 Å². The van der Waals surface area contributed by atoms with Crippen molar-refractivity contribution in [2.24, 2.45) is 5.73 Å². The third-order valence-electron chi connectivity index (χ3n) is 2.94. The summed E-state index contributed by atoms with van der Waals surface area (Å²) < 4.78 is 0. The molecular formula is C13H21ClN2. The second kappa shape index (κ2) is 5.67. The van der Waals surface area contributed by atoms with Crippen molar-refractivity contribution < 1.29 is 0 Å². The van der Waals surface area contributed by atoms with Crippen LogP contribution in [0, 0.1) is 0 Å². The second-order valence-electron chi connectivity index (χ2n) is 4.62. The minimum absolute atomic E-state index is 0.0749. The monoisotopic (exact) mass is 240 g/mol. The maximum absolute atomic E-state index is 6.07. The first-order chi connectivity index (χ1) is 7.43. The SMILES string of the molecule is CC(N)C(c1cccc(Cl)c1)N(C)C(C)C. The molecule has 0 spiro atoms. The lowest BCUT2D eigenvalue weighted by atomic mass is 9.98. The molecule has 0 aromatic heterocycles. The summed E-state index contributed by atoms with van der Waals surface area (Å²) in [6, 6.07) is 8.67. The first-order valence-corrected chi connectivity index (χ1v) is 6.04. The fourth-order valence-corrected chi connectivity index (χ4v) is 2.12. The molecule has 2 nitrogen and oxygen atoms in total. The first-order valence-electron chi connectivity index (χ1n) is 5.66. The van der Waals surface area contributed by atoms with Crippen LogP contribution < -0.4 is 5.73 Å². The number of likely N-dealkylation sites (N-methyl/N-ethyl adjacent to an activating group) is 1. The van der Waals surface area contributed by atoms with Gasteiger partial charge < -0.3 is 5.73 Å². The van der Waals surface area contributed by atoms with Crippen molar-refractivity contribution in [2.75, 3.05) is 7.05 Å². The third kappa shape index (κ3) is 3.21. The summed E-state index contributed by atoms with van der Waals surface area (Å²) in [5.41, 5.74) is 7.25. The van der Waals surface area contributed by atoms with E-state index in [1.54, 1.807) is 0 Å². The number of hydrogen-bond donors (Lipinski definition) is 1. The van der Waals surface area contributed by atoms with Gasteiger partial charge in [-0.1, -0.05) is 23.7 Å². The zero-order valence-electron chi connectivity index (χ0n) is 10.4. The van der Waals surface area contributed by atoms with Crippen LogP contribution in [0.3, 0.4) is 0 Å². The molecule has 0 aliphatic heterocycles. The van der Waals surface area contributed by atoms with E-state index in [1.165, 1.54) is 5.56 Å². The summed E-state index contributed by atoms with van der Waals surface area (Å²) in [4.78, 5) is 2.27. The molecule has 3 heteroatoms. The summed E-state index contributed by atoms with van der Waals surface area (Å²) in [5, 5.41) is 0.764. The molecule has 0 fully saturated rings. The summed E-state index contributed by atoms with van der Waals surface area (Å²) in [7, 11) is 2.10. The van der Waals surface area contributed by atoms with Gasteiger partial charge in [-0.05, 0) is 45.5 Å². The van der Waals surface area contributed by atoms with E-state index in [-0.39, 0.29) is 12.1 Å². The molecule has 1 aromatic carbocycles. The highest BCUT2D eigenvalue weighted by atomic mass is 35.5. The predicted molar refractivity (Wildman–Crippen MR) is 70.7 cm³/mol. The normalized spacial score (nSPS) is 15.5. The topological polar surface area (TPSA) is 29.3 Å². The number of rotatable bonds is 4. The molecule has 90 valence electrons. The summed E-state index contributed by atoms with van der Waals surface area (Å²) >= 11 is 6.02. The van der Waals surface area contributed by atoms with Crippen LogP contribution in [0.1, 0.15) is 32.4 Å². The lowest BCUT2D eigenvalue weighted by Gasteiger charge is -2.34. The molecule has 0 bridgehead atoms. The number of nitrogens with two attached hydrogens (primary N) is 1. The van der Waals surface area contributed by atoms with Gasteiger partial charge in [0.1, 0.15) is 0 Å². The summed E-state index contributed by atoms with van der Waals surface area (Å²) in [5.74, 6) is 0. The second-order valence-corrected chi connectivity index (χ2v) is 5.05. The molecule has 2 N–H and O–H groups in total. The van der Waals surface area contributed by atoms with Gasteiger partial charge in [-0.2, -0.15) is 0 Å². The van der Waals surface area contributed by atoms with Crippen LogP contribution in [-0.4, -0.2) is 24.0 Å². The van der Waals surface area contributed by atoms with Gasteiger partial charge in [0.15, 0.2) is 0 Å². The minimum atomic E-state index is 0.0749. The number of nitrogens with zero attached hydrogens (tertiary/aromatic N) is 1. The van der Waals surface area contributed by atoms with Gasteiger partial charge in [-0.25, -0.2) is 0 Å². The summed E-state index contributed by atoms with van der Waals surface area (Å²) in [6.45, 7) is 6.37. The van der Waals surface area contributed by atoms with Gasteiger partial charge in [0.25, 0.3) is 0 Å². The summed E-state index contributed by atoms with van der Waals surface area (Å²) in [6.07, 6.45) is 0. The first kappa shape index (κ1) is 13.5. The highest BCUT2D eigenvalue weighted by Crippen LogP contribution is 2.26. The quantitative estimate of drug-likeness (QED) is 0.877. The van der Waals surface area contributed by atoms with Crippen LogP contribution in [-0.2, 0) is 0 Å². The van der Waals surface area contributed by atoms with Gasteiger partial charge in [-0.3, -0.25) is 4.90 Å². The highest BCUT2D eigenvalue weighted by molar-refractivity contribution is 6.30. The van der Waals surface area contributed by atoms with Crippen LogP contribution in [0.5, 0.6) is 0 Å². The maximum atomic E-state index is 6.07. The Hall–Kier alpha value is -0.570. The van der Waals surface area contributed by atoms with E-state index in [2.05, 4.69) is 31.9 Å². The molecular weight excluding hydrogens is 220 g/mol. The Morgan fingerprint density at radius 1 is 1.25 bits per heavy atom. The van der Waals surface area contributed by atoms with Crippen LogP contribution in [0.25, 0.3) is 0 Å². The van der Waals surface area contributed by atoms with Crippen molar-refractivity contribution in [3.05, 3.63) is 34.9 Å². The molecule has 2 atom stereocenters. The lowest BCUT2D eigenvalue weighted by molar-refractivity contribution is 0.176. The Kier molecular flexibility index (Phi) is 4.78. The predicted octanol–water partition coefficient (Wildman–Crippen LogP) is 3.07. The molecule has 2 unspecified atom stereocenters. The average molecular weight is 241 g/mol. The fourth-order valence-electron chi connectivity index (χ4n) is 1.92. The smallest absolute Gasteiger partial charge is 0.0496 e. The molecule has 1 rings (SSSR count). The van der Waals surface area contributed by atoms with Crippen molar-refractivity contribution in [1.29, 1.82) is 0 Å². The molecule has 16 heavy (non-hydrogen) atoms. The highest BCUT2D eigenvalue weighted by Gasteiger charge is 2.22. The number of hydrogen-bond acceptors (Lipinski definition) is 2. The molecule has 0 aliphatic carbocycles.